The van der Waals surface area contributed by atoms with E-state index in [1.54, 1.807) is 0 Å². The molecule has 4 rings (SSSR count). The van der Waals surface area contributed by atoms with Gasteiger partial charge in [-0.25, -0.2) is 0 Å². The molecule has 0 unspecified atom stereocenters. The largest absolute Gasteiger partial charge is 0.368 e. The van der Waals surface area contributed by atoms with Crippen molar-refractivity contribution in [3.8, 4) is 0 Å². The van der Waals surface area contributed by atoms with E-state index in [-0.39, 0.29) is 18.4 Å². The van der Waals surface area contributed by atoms with E-state index in [2.05, 4.69) is 17.0 Å². The van der Waals surface area contributed by atoms with Crippen LogP contribution in [-0.2, 0) is 9.59 Å². The Kier molecular flexibility index (Phi) is 6.20. The molecular formula is C23H23N3O2S2. The third kappa shape index (κ3) is 4.57. The Hall–Kier alpha value is -2.64. The van der Waals surface area contributed by atoms with Gasteiger partial charge in [-0.05, 0) is 30.7 Å². The molecule has 0 aromatic heterocycles. The molecule has 2 aliphatic rings. The third-order valence-corrected chi connectivity index (χ3v) is 6.67. The summed E-state index contributed by atoms with van der Waals surface area (Å²) in [6, 6.07) is 18.2. The first-order valence-electron chi connectivity index (χ1n) is 9.91. The number of rotatable bonds is 4. The van der Waals surface area contributed by atoms with Crippen LogP contribution in [0.5, 0.6) is 0 Å². The number of carbonyl (C=O) groups excluding carboxylic acids is 2. The lowest BCUT2D eigenvalue weighted by Crippen LogP contribution is -2.51. The van der Waals surface area contributed by atoms with E-state index < -0.39 is 0 Å². The van der Waals surface area contributed by atoms with Crippen molar-refractivity contribution in [3.05, 3.63) is 70.6 Å². The maximum Gasteiger partial charge on any atom is 0.266 e. The van der Waals surface area contributed by atoms with Crippen molar-refractivity contribution < 1.29 is 9.59 Å². The molecule has 2 aliphatic heterocycles. The summed E-state index contributed by atoms with van der Waals surface area (Å²) in [6.07, 6.45) is 1.84. The van der Waals surface area contributed by atoms with Crippen LogP contribution in [-0.4, -0.2) is 58.7 Å². The summed E-state index contributed by atoms with van der Waals surface area (Å²) in [5.41, 5.74) is 3.28. The van der Waals surface area contributed by atoms with E-state index in [1.165, 1.54) is 22.3 Å². The van der Waals surface area contributed by atoms with Crippen LogP contribution in [0.15, 0.2) is 59.5 Å². The highest BCUT2D eigenvalue weighted by Gasteiger charge is 2.34. The Morgan fingerprint density at radius 2 is 1.70 bits per heavy atom. The highest BCUT2D eigenvalue weighted by Crippen LogP contribution is 2.32. The molecule has 2 fully saturated rings. The van der Waals surface area contributed by atoms with E-state index in [1.807, 2.05) is 60.4 Å². The van der Waals surface area contributed by atoms with Gasteiger partial charge in [0, 0.05) is 31.9 Å². The molecule has 7 heteroatoms. The van der Waals surface area contributed by atoms with Crippen molar-refractivity contribution in [2.45, 2.75) is 6.92 Å². The number of piperazine rings is 1. The maximum atomic E-state index is 12.8. The predicted octanol–water partition coefficient (Wildman–Crippen LogP) is 3.55. The summed E-state index contributed by atoms with van der Waals surface area (Å²) in [5, 5.41) is 0. The van der Waals surface area contributed by atoms with Gasteiger partial charge in [-0.3, -0.25) is 14.5 Å². The van der Waals surface area contributed by atoms with Gasteiger partial charge in [0.1, 0.15) is 10.9 Å². The Balaban J connectivity index is 1.36. The lowest BCUT2D eigenvalue weighted by atomic mass is 10.1. The minimum absolute atomic E-state index is 0.00123. The summed E-state index contributed by atoms with van der Waals surface area (Å²) in [6.45, 7) is 4.86. The smallest absolute Gasteiger partial charge is 0.266 e. The van der Waals surface area contributed by atoms with Crippen LogP contribution in [0.3, 0.4) is 0 Å². The fourth-order valence-electron chi connectivity index (χ4n) is 3.54. The van der Waals surface area contributed by atoms with Crippen LogP contribution < -0.4 is 4.90 Å². The van der Waals surface area contributed by atoms with Gasteiger partial charge in [-0.2, -0.15) is 0 Å². The molecule has 0 saturated carbocycles. The third-order valence-electron chi connectivity index (χ3n) is 5.30. The lowest BCUT2D eigenvalue weighted by molar-refractivity contribution is -0.135. The Morgan fingerprint density at radius 1 is 1.03 bits per heavy atom. The SMILES string of the molecule is Cc1ccc(/C=C2\SC(=S)N(CC(=O)N3CCN(c4ccccc4)CC3)C2=O)cc1. The summed E-state index contributed by atoms with van der Waals surface area (Å²) < 4.78 is 0.439. The summed E-state index contributed by atoms with van der Waals surface area (Å²) in [4.78, 5) is 31.7. The molecule has 0 bridgehead atoms. The van der Waals surface area contributed by atoms with E-state index in [9.17, 15) is 9.59 Å². The zero-order valence-electron chi connectivity index (χ0n) is 16.8. The topological polar surface area (TPSA) is 43.9 Å². The maximum absolute atomic E-state index is 12.8. The van der Waals surface area contributed by atoms with Gasteiger partial charge >= 0.3 is 0 Å². The quantitative estimate of drug-likeness (QED) is 0.541. The van der Waals surface area contributed by atoms with Gasteiger partial charge in [0.05, 0.1) is 4.91 Å². The van der Waals surface area contributed by atoms with E-state index >= 15 is 0 Å². The van der Waals surface area contributed by atoms with Crippen LogP contribution in [0.1, 0.15) is 11.1 Å². The molecule has 0 spiro atoms. The number of nitrogens with zero attached hydrogens (tertiary/aromatic N) is 3. The van der Waals surface area contributed by atoms with E-state index in [4.69, 9.17) is 12.2 Å². The molecular weight excluding hydrogens is 414 g/mol. The number of anilines is 1. The minimum Gasteiger partial charge on any atom is -0.368 e. The van der Waals surface area contributed by atoms with Gasteiger partial charge < -0.3 is 9.80 Å². The number of aryl methyl sites for hydroxylation is 1. The second-order valence-corrected chi connectivity index (χ2v) is 9.06. The normalized spacial score (nSPS) is 18.4. The van der Waals surface area contributed by atoms with Gasteiger partial charge in [0.2, 0.25) is 5.91 Å². The molecule has 0 N–H and O–H groups in total. The first-order chi connectivity index (χ1) is 14.5. The number of carbonyl (C=O) groups is 2. The summed E-state index contributed by atoms with van der Waals surface area (Å²) >= 11 is 6.64. The van der Waals surface area contributed by atoms with Crippen molar-refractivity contribution in [2.75, 3.05) is 37.6 Å². The number of hydrogen-bond donors (Lipinski definition) is 0. The van der Waals surface area contributed by atoms with Crippen molar-refractivity contribution >= 4 is 51.9 Å². The van der Waals surface area contributed by atoms with Crippen LogP contribution in [0.2, 0.25) is 0 Å². The molecule has 2 saturated heterocycles. The molecule has 2 aromatic rings. The fraction of sp³-hybridized carbons (Fsp3) is 0.261. The van der Waals surface area contributed by atoms with Crippen molar-refractivity contribution in [1.82, 2.24) is 9.80 Å². The molecule has 2 aromatic carbocycles. The second-order valence-electron chi connectivity index (χ2n) is 7.38. The number of benzene rings is 2. The predicted molar refractivity (Wildman–Crippen MR) is 126 cm³/mol. The van der Waals surface area contributed by atoms with Gasteiger partial charge in [0.15, 0.2) is 0 Å². The second kappa shape index (κ2) is 9.02. The Bertz CT molecular complexity index is 981. The zero-order chi connectivity index (χ0) is 21.1. The first-order valence-corrected chi connectivity index (χ1v) is 11.1. The fourth-order valence-corrected chi connectivity index (χ4v) is 4.79. The highest BCUT2D eigenvalue weighted by molar-refractivity contribution is 8.26. The number of hydrogen-bond acceptors (Lipinski definition) is 5. The number of thiocarbonyl (C=S) groups is 1. The minimum atomic E-state index is -0.193. The van der Waals surface area contributed by atoms with Crippen LogP contribution in [0.4, 0.5) is 5.69 Å². The molecule has 5 nitrogen and oxygen atoms in total. The van der Waals surface area contributed by atoms with Crippen molar-refractivity contribution in [1.29, 1.82) is 0 Å². The monoisotopic (exact) mass is 437 g/mol. The summed E-state index contributed by atoms with van der Waals surface area (Å²) in [5.74, 6) is -0.252. The molecule has 0 aliphatic carbocycles. The molecule has 2 amide bonds. The zero-order valence-corrected chi connectivity index (χ0v) is 18.4. The lowest BCUT2D eigenvalue weighted by Gasteiger charge is -2.36. The van der Waals surface area contributed by atoms with Crippen LogP contribution in [0, 0.1) is 6.92 Å². The summed E-state index contributed by atoms with van der Waals surface area (Å²) in [7, 11) is 0. The Labute approximate surface area is 186 Å². The average molecular weight is 438 g/mol. The molecule has 0 atom stereocenters. The first kappa shape index (κ1) is 20.6. The van der Waals surface area contributed by atoms with Crippen molar-refractivity contribution in [3.63, 3.8) is 0 Å². The van der Waals surface area contributed by atoms with E-state index in [0.29, 0.717) is 22.3 Å². The van der Waals surface area contributed by atoms with E-state index in [0.717, 1.165) is 24.2 Å². The standard InChI is InChI=1S/C23H23N3O2S2/c1-17-7-9-18(10-8-17)15-20-22(28)26(23(29)30-20)16-21(27)25-13-11-24(12-14-25)19-5-3-2-4-6-19/h2-10,15H,11-14,16H2,1H3/b20-15-. The average Bonchev–Trinajstić information content (AvgIpc) is 3.03. The molecule has 0 radical (unpaired) electrons. The van der Waals surface area contributed by atoms with Crippen LogP contribution >= 0.6 is 24.0 Å². The van der Waals surface area contributed by atoms with Crippen molar-refractivity contribution in [2.24, 2.45) is 0 Å². The number of thioether (sulfide) groups is 1. The highest BCUT2D eigenvalue weighted by atomic mass is 32.2. The molecule has 154 valence electrons. The molecule has 30 heavy (non-hydrogen) atoms. The number of amides is 2. The van der Waals surface area contributed by atoms with Gasteiger partial charge in [-0.15, -0.1) is 0 Å². The van der Waals surface area contributed by atoms with Gasteiger partial charge in [-0.1, -0.05) is 72.0 Å². The van der Waals surface area contributed by atoms with Gasteiger partial charge in [0.25, 0.3) is 5.91 Å². The number of para-hydroxylation sites is 1. The van der Waals surface area contributed by atoms with Crippen LogP contribution in [0.25, 0.3) is 6.08 Å². The molecule has 2 heterocycles. The Morgan fingerprint density at radius 3 is 2.37 bits per heavy atom.